The minimum Gasteiger partial charge on any atom is -0.368 e. The average molecular weight is 318 g/mol. The molecule has 1 aliphatic heterocycles. The van der Waals surface area contributed by atoms with Gasteiger partial charge >= 0.3 is 6.03 Å². The van der Waals surface area contributed by atoms with Gasteiger partial charge in [0, 0.05) is 37.9 Å². The minimum atomic E-state index is -0.474. The molecular weight excluding hydrogens is 294 g/mol. The molecule has 2 heterocycles. The van der Waals surface area contributed by atoms with Crippen molar-refractivity contribution < 1.29 is 9.59 Å². The van der Waals surface area contributed by atoms with Crippen molar-refractivity contribution in [3.8, 4) is 0 Å². The maximum Gasteiger partial charge on any atom is 0.317 e. The van der Waals surface area contributed by atoms with Gasteiger partial charge in [-0.05, 0) is 38.8 Å². The zero-order chi connectivity index (χ0) is 17.0. The van der Waals surface area contributed by atoms with Gasteiger partial charge in [0.15, 0.2) is 0 Å². The Hall–Kier alpha value is -2.31. The summed E-state index contributed by atoms with van der Waals surface area (Å²) in [6.07, 6.45) is 2.82. The molecule has 1 aliphatic rings. The maximum absolute atomic E-state index is 12.1. The molecule has 0 bridgehead atoms. The molecule has 1 fully saturated rings. The van der Waals surface area contributed by atoms with Crippen LogP contribution in [0.2, 0.25) is 0 Å². The number of anilines is 1. The zero-order valence-electron chi connectivity index (χ0n) is 13.8. The lowest BCUT2D eigenvalue weighted by Crippen LogP contribution is -2.56. The molecule has 0 saturated carbocycles. The summed E-state index contributed by atoms with van der Waals surface area (Å²) in [5.74, 6) is 0.308. The van der Waals surface area contributed by atoms with Gasteiger partial charge in [-0.15, -0.1) is 0 Å². The molecule has 0 spiro atoms. The monoisotopic (exact) mass is 318 g/mol. The second kappa shape index (κ2) is 7.30. The van der Waals surface area contributed by atoms with Crippen LogP contribution in [0.3, 0.4) is 0 Å². The lowest BCUT2D eigenvalue weighted by Gasteiger charge is -2.41. The summed E-state index contributed by atoms with van der Waals surface area (Å²) in [5, 5.41) is 2.87. The Kier molecular flexibility index (Phi) is 5.41. The highest BCUT2D eigenvalue weighted by atomic mass is 16.2. The van der Waals surface area contributed by atoms with Gasteiger partial charge in [-0.3, -0.25) is 4.79 Å². The quantitative estimate of drug-likeness (QED) is 0.857. The number of rotatable bonds is 4. The second-order valence-electron chi connectivity index (χ2n) is 6.12. The summed E-state index contributed by atoms with van der Waals surface area (Å²) < 4.78 is 0. The van der Waals surface area contributed by atoms with E-state index in [-0.39, 0.29) is 18.1 Å². The number of primary amides is 1. The number of hydrogen-bond donors (Lipinski definition) is 2. The number of piperidine rings is 1. The van der Waals surface area contributed by atoms with Crippen molar-refractivity contribution in [3.63, 3.8) is 0 Å². The molecule has 0 aromatic carbocycles. The number of hydrogen-bond acceptors (Lipinski definition) is 4. The van der Waals surface area contributed by atoms with E-state index in [9.17, 15) is 9.59 Å². The SMILES string of the molecule is CC(C)NC(=O)N(C)C1CCN(c2cc[c]cn2)C(C(N)=O)C1. The molecule has 2 unspecified atom stereocenters. The van der Waals surface area contributed by atoms with Crippen LogP contribution in [0.25, 0.3) is 0 Å². The largest absolute Gasteiger partial charge is 0.368 e. The van der Waals surface area contributed by atoms with E-state index in [4.69, 9.17) is 5.73 Å². The van der Waals surface area contributed by atoms with Gasteiger partial charge in [-0.25, -0.2) is 9.78 Å². The van der Waals surface area contributed by atoms with Crippen LogP contribution >= 0.6 is 0 Å². The van der Waals surface area contributed by atoms with Crippen LogP contribution in [0, 0.1) is 6.07 Å². The van der Waals surface area contributed by atoms with Crippen molar-refractivity contribution in [3.05, 3.63) is 24.4 Å². The molecule has 1 saturated heterocycles. The second-order valence-corrected chi connectivity index (χ2v) is 6.12. The minimum absolute atomic E-state index is 0.0298. The lowest BCUT2D eigenvalue weighted by molar-refractivity contribution is -0.120. The summed E-state index contributed by atoms with van der Waals surface area (Å²) in [6, 6.07) is 5.87. The van der Waals surface area contributed by atoms with Crippen LogP contribution in [0.1, 0.15) is 26.7 Å². The molecule has 1 aromatic rings. The Morgan fingerprint density at radius 2 is 2.26 bits per heavy atom. The Morgan fingerprint density at radius 3 is 2.83 bits per heavy atom. The highest BCUT2D eigenvalue weighted by Crippen LogP contribution is 2.25. The van der Waals surface area contributed by atoms with Crippen molar-refractivity contribution >= 4 is 17.8 Å². The van der Waals surface area contributed by atoms with Crippen molar-refractivity contribution in [1.29, 1.82) is 0 Å². The maximum atomic E-state index is 12.1. The van der Waals surface area contributed by atoms with E-state index in [1.54, 1.807) is 24.2 Å². The van der Waals surface area contributed by atoms with Gasteiger partial charge in [-0.2, -0.15) is 0 Å². The van der Waals surface area contributed by atoms with Gasteiger partial charge in [0.1, 0.15) is 11.9 Å². The summed E-state index contributed by atoms with van der Waals surface area (Å²) in [4.78, 5) is 31.8. The van der Waals surface area contributed by atoms with Crippen LogP contribution < -0.4 is 16.0 Å². The van der Waals surface area contributed by atoms with Crippen molar-refractivity contribution in [2.24, 2.45) is 5.73 Å². The van der Waals surface area contributed by atoms with Gasteiger partial charge in [0.25, 0.3) is 0 Å². The van der Waals surface area contributed by atoms with Crippen LogP contribution in [0.5, 0.6) is 0 Å². The molecule has 7 nitrogen and oxygen atoms in total. The van der Waals surface area contributed by atoms with Gasteiger partial charge in [-0.1, -0.05) is 0 Å². The van der Waals surface area contributed by atoms with E-state index in [2.05, 4.69) is 16.4 Å². The average Bonchev–Trinajstić information content (AvgIpc) is 2.53. The molecule has 3 N–H and O–H groups in total. The predicted octanol–water partition coefficient (Wildman–Crippen LogP) is 0.754. The van der Waals surface area contributed by atoms with Crippen LogP contribution in [0.4, 0.5) is 10.6 Å². The summed E-state index contributed by atoms with van der Waals surface area (Å²) in [6.45, 7) is 4.45. The number of carbonyl (C=O) groups excluding carboxylic acids is 2. The summed E-state index contributed by atoms with van der Waals surface area (Å²) >= 11 is 0. The van der Waals surface area contributed by atoms with Crippen molar-refractivity contribution in [2.75, 3.05) is 18.5 Å². The molecule has 1 radical (unpaired) electrons. The highest BCUT2D eigenvalue weighted by Gasteiger charge is 2.35. The number of pyridine rings is 1. The first-order chi connectivity index (χ1) is 10.9. The molecule has 2 atom stereocenters. The topological polar surface area (TPSA) is 91.6 Å². The highest BCUT2D eigenvalue weighted by molar-refractivity contribution is 5.84. The Balaban J connectivity index is 2.10. The Bertz CT molecular complexity index is 549. The van der Waals surface area contributed by atoms with Crippen LogP contribution in [-0.2, 0) is 4.79 Å². The van der Waals surface area contributed by atoms with E-state index >= 15 is 0 Å². The summed E-state index contributed by atoms with van der Waals surface area (Å²) in [7, 11) is 1.76. The number of nitrogens with two attached hydrogens (primary N) is 1. The molecule has 7 heteroatoms. The fourth-order valence-electron chi connectivity index (χ4n) is 2.84. The number of aromatic nitrogens is 1. The van der Waals surface area contributed by atoms with Crippen LogP contribution in [0.15, 0.2) is 18.3 Å². The first-order valence-corrected chi connectivity index (χ1v) is 7.81. The third-order valence-corrected chi connectivity index (χ3v) is 4.08. The smallest absolute Gasteiger partial charge is 0.317 e. The lowest BCUT2D eigenvalue weighted by atomic mass is 9.95. The third kappa shape index (κ3) is 4.12. The van der Waals surface area contributed by atoms with E-state index < -0.39 is 11.9 Å². The number of amides is 3. The number of nitrogens with one attached hydrogen (secondary N) is 1. The van der Waals surface area contributed by atoms with Crippen molar-refractivity contribution in [2.45, 2.75) is 44.8 Å². The fraction of sp³-hybridized carbons (Fsp3) is 0.562. The van der Waals surface area contributed by atoms with Gasteiger partial charge < -0.3 is 20.9 Å². The van der Waals surface area contributed by atoms with Crippen LogP contribution in [-0.4, -0.2) is 53.5 Å². The summed E-state index contributed by atoms with van der Waals surface area (Å²) in [5.41, 5.74) is 5.58. The first kappa shape index (κ1) is 17.1. The number of urea groups is 1. The fourth-order valence-corrected chi connectivity index (χ4v) is 2.84. The molecule has 1 aromatic heterocycles. The first-order valence-electron chi connectivity index (χ1n) is 7.81. The van der Waals surface area contributed by atoms with E-state index in [0.717, 1.165) is 6.42 Å². The normalized spacial score (nSPS) is 21.1. The molecule has 125 valence electrons. The van der Waals surface area contributed by atoms with Crippen molar-refractivity contribution in [1.82, 2.24) is 15.2 Å². The number of carbonyl (C=O) groups is 2. The Morgan fingerprint density at radius 1 is 1.52 bits per heavy atom. The van der Waals surface area contributed by atoms with Gasteiger partial charge in [0.05, 0.1) is 0 Å². The zero-order valence-corrected chi connectivity index (χ0v) is 13.8. The molecule has 0 aliphatic carbocycles. The predicted molar refractivity (Wildman–Crippen MR) is 87.9 cm³/mol. The Labute approximate surface area is 136 Å². The van der Waals surface area contributed by atoms with Gasteiger partial charge in [0.2, 0.25) is 5.91 Å². The number of nitrogens with zero attached hydrogens (tertiary/aromatic N) is 3. The molecular formula is C16H24N5O2. The standard InChI is InChI=1S/C16H24N5O2/c1-11(2)19-16(23)20(3)12-7-9-21(13(10-12)15(17)22)14-6-4-5-8-18-14/h4,6,8,11-13H,7,9-10H2,1-3H3,(H2,17,22)(H,19,23). The van der Waals surface area contributed by atoms with E-state index in [0.29, 0.717) is 18.8 Å². The molecule has 3 amide bonds. The molecule has 23 heavy (non-hydrogen) atoms. The third-order valence-electron chi connectivity index (χ3n) is 4.08. The van der Waals surface area contributed by atoms with E-state index in [1.807, 2.05) is 24.8 Å². The van der Waals surface area contributed by atoms with E-state index in [1.165, 1.54) is 0 Å². The molecule has 2 rings (SSSR count).